The Labute approximate surface area is 169 Å². The molecule has 0 aromatic heterocycles. The standard InChI is InChI=1S/C21H22Cl2N2O2/c1-26-12-13-27-20-14-15(25-19-9-5-4-8-18(19)23)10-11-21(20,24)16-6-2-3-7-17(16)22/h2-11,14,20,25H,12-13,24H2,1H3. The molecule has 0 fully saturated rings. The van der Waals surface area contributed by atoms with Gasteiger partial charge in [0.15, 0.2) is 0 Å². The number of halogens is 2. The molecule has 6 heteroatoms. The number of hydrogen-bond donors (Lipinski definition) is 2. The van der Waals surface area contributed by atoms with Gasteiger partial charge in [0.05, 0.1) is 29.5 Å². The van der Waals surface area contributed by atoms with Crippen molar-refractivity contribution < 1.29 is 9.47 Å². The summed E-state index contributed by atoms with van der Waals surface area (Å²) in [7, 11) is 1.63. The lowest BCUT2D eigenvalue weighted by molar-refractivity contribution is 0.0113. The van der Waals surface area contributed by atoms with Gasteiger partial charge in [0.25, 0.3) is 0 Å². The van der Waals surface area contributed by atoms with Crippen LogP contribution in [0.2, 0.25) is 10.0 Å². The number of para-hydroxylation sites is 1. The third kappa shape index (κ3) is 4.54. The van der Waals surface area contributed by atoms with Gasteiger partial charge in [-0.3, -0.25) is 0 Å². The summed E-state index contributed by atoms with van der Waals surface area (Å²) in [6.45, 7) is 0.883. The maximum Gasteiger partial charge on any atom is 0.104 e. The average molecular weight is 405 g/mol. The van der Waals surface area contributed by atoms with Crippen LogP contribution in [0, 0.1) is 0 Å². The zero-order valence-corrected chi connectivity index (χ0v) is 16.5. The van der Waals surface area contributed by atoms with Crippen LogP contribution in [-0.4, -0.2) is 26.4 Å². The number of anilines is 1. The molecule has 1 aliphatic rings. The number of nitrogens with two attached hydrogens (primary N) is 1. The van der Waals surface area contributed by atoms with Crippen molar-refractivity contribution in [3.63, 3.8) is 0 Å². The first kappa shape index (κ1) is 19.9. The molecule has 0 radical (unpaired) electrons. The summed E-state index contributed by atoms with van der Waals surface area (Å²) >= 11 is 12.7. The second-order valence-electron chi connectivity index (χ2n) is 6.26. The molecular weight excluding hydrogens is 383 g/mol. The van der Waals surface area contributed by atoms with Crippen LogP contribution in [0.5, 0.6) is 0 Å². The third-order valence-electron chi connectivity index (χ3n) is 4.42. The Kier molecular flexibility index (Phi) is 6.58. The lowest BCUT2D eigenvalue weighted by atomic mass is 9.81. The van der Waals surface area contributed by atoms with Crippen molar-refractivity contribution in [1.82, 2.24) is 0 Å². The molecular formula is C21H22Cl2N2O2. The first-order valence-corrected chi connectivity index (χ1v) is 9.37. The van der Waals surface area contributed by atoms with Gasteiger partial charge in [0.2, 0.25) is 0 Å². The van der Waals surface area contributed by atoms with Crippen LogP contribution in [-0.2, 0) is 15.0 Å². The highest BCUT2D eigenvalue weighted by Crippen LogP contribution is 2.36. The molecule has 1 aliphatic carbocycles. The van der Waals surface area contributed by atoms with E-state index in [1.54, 1.807) is 7.11 Å². The summed E-state index contributed by atoms with van der Waals surface area (Å²) in [6, 6.07) is 15.1. The van der Waals surface area contributed by atoms with E-state index in [-0.39, 0.29) is 0 Å². The number of allylic oxidation sites excluding steroid dienone is 1. The highest BCUT2D eigenvalue weighted by molar-refractivity contribution is 6.33. The Hall–Kier alpha value is -1.82. The minimum Gasteiger partial charge on any atom is -0.382 e. The van der Waals surface area contributed by atoms with Crippen LogP contribution in [0.25, 0.3) is 0 Å². The fourth-order valence-corrected chi connectivity index (χ4v) is 3.46. The molecule has 0 spiro atoms. The van der Waals surface area contributed by atoms with Crippen LogP contribution in [0.1, 0.15) is 5.56 Å². The van der Waals surface area contributed by atoms with Crippen LogP contribution in [0.3, 0.4) is 0 Å². The zero-order valence-electron chi connectivity index (χ0n) is 15.0. The highest BCUT2D eigenvalue weighted by atomic mass is 35.5. The molecule has 3 N–H and O–H groups in total. The first-order chi connectivity index (χ1) is 13.0. The molecule has 0 bridgehead atoms. The number of rotatable bonds is 7. The van der Waals surface area contributed by atoms with Gasteiger partial charge in [-0.05, 0) is 35.9 Å². The van der Waals surface area contributed by atoms with Crippen molar-refractivity contribution in [2.75, 3.05) is 25.6 Å². The molecule has 0 amide bonds. The number of methoxy groups -OCH3 is 1. The predicted molar refractivity (Wildman–Crippen MR) is 111 cm³/mol. The van der Waals surface area contributed by atoms with Crippen LogP contribution < -0.4 is 11.1 Å². The van der Waals surface area contributed by atoms with Crippen molar-refractivity contribution in [3.05, 3.63) is 88.1 Å². The zero-order chi connectivity index (χ0) is 19.3. The molecule has 4 nitrogen and oxygen atoms in total. The average Bonchev–Trinajstić information content (AvgIpc) is 2.66. The van der Waals surface area contributed by atoms with Gasteiger partial charge in [-0.2, -0.15) is 0 Å². The van der Waals surface area contributed by atoms with E-state index in [0.29, 0.717) is 23.3 Å². The van der Waals surface area contributed by atoms with Crippen LogP contribution >= 0.6 is 23.2 Å². The molecule has 27 heavy (non-hydrogen) atoms. The summed E-state index contributed by atoms with van der Waals surface area (Å²) in [5.74, 6) is 0. The number of benzene rings is 2. The molecule has 2 aromatic carbocycles. The SMILES string of the molecule is COCCOC1C=C(Nc2ccccc2Cl)C=CC1(N)c1ccccc1Cl. The summed E-state index contributed by atoms with van der Waals surface area (Å²) in [5, 5.41) is 4.55. The van der Waals surface area contributed by atoms with Crippen molar-refractivity contribution in [2.45, 2.75) is 11.6 Å². The largest absolute Gasteiger partial charge is 0.382 e. The van der Waals surface area contributed by atoms with E-state index in [0.717, 1.165) is 16.9 Å². The number of nitrogens with one attached hydrogen (secondary N) is 1. The number of hydrogen-bond acceptors (Lipinski definition) is 4. The molecule has 0 heterocycles. The topological polar surface area (TPSA) is 56.5 Å². The number of ether oxygens (including phenoxy) is 2. The molecule has 0 aliphatic heterocycles. The maximum atomic E-state index is 6.76. The molecule has 2 aromatic rings. The molecule has 0 saturated heterocycles. The molecule has 142 valence electrons. The van der Waals surface area contributed by atoms with Gasteiger partial charge in [-0.1, -0.05) is 59.6 Å². The van der Waals surface area contributed by atoms with E-state index < -0.39 is 11.6 Å². The van der Waals surface area contributed by atoms with Gasteiger partial charge in [0, 0.05) is 17.8 Å². The molecule has 3 rings (SSSR count). The van der Waals surface area contributed by atoms with Crippen molar-refractivity contribution in [3.8, 4) is 0 Å². The maximum absolute atomic E-state index is 6.76. The lowest BCUT2D eigenvalue weighted by Gasteiger charge is -2.37. The fourth-order valence-electron chi connectivity index (χ4n) is 2.98. The summed E-state index contributed by atoms with van der Waals surface area (Å²) in [4.78, 5) is 0. The predicted octanol–water partition coefficient (Wildman–Crippen LogP) is 4.74. The van der Waals surface area contributed by atoms with Gasteiger partial charge >= 0.3 is 0 Å². The minimum atomic E-state index is -0.891. The van der Waals surface area contributed by atoms with Gasteiger partial charge in [0.1, 0.15) is 6.10 Å². The normalized spacial score (nSPS) is 21.8. The summed E-state index contributed by atoms with van der Waals surface area (Å²) in [6.07, 6.45) is 5.35. The molecule has 2 unspecified atom stereocenters. The lowest BCUT2D eigenvalue weighted by Crippen LogP contribution is -2.49. The van der Waals surface area contributed by atoms with Crippen molar-refractivity contribution >= 4 is 28.9 Å². The Morgan fingerprint density at radius 3 is 2.44 bits per heavy atom. The van der Waals surface area contributed by atoms with Crippen molar-refractivity contribution in [1.29, 1.82) is 0 Å². The highest BCUT2D eigenvalue weighted by Gasteiger charge is 2.38. The van der Waals surface area contributed by atoms with E-state index >= 15 is 0 Å². The quantitative estimate of drug-likeness (QED) is 0.653. The monoisotopic (exact) mass is 404 g/mol. The Balaban J connectivity index is 1.90. The summed E-state index contributed by atoms with van der Waals surface area (Å²) in [5.41, 5.74) is 8.33. The van der Waals surface area contributed by atoms with Gasteiger partial charge in [-0.15, -0.1) is 0 Å². The van der Waals surface area contributed by atoms with Gasteiger partial charge in [-0.25, -0.2) is 0 Å². The van der Waals surface area contributed by atoms with Crippen LogP contribution in [0.4, 0.5) is 5.69 Å². The second kappa shape index (κ2) is 8.91. The Morgan fingerprint density at radius 2 is 1.74 bits per heavy atom. The van der Waals surface area contributed by atoms with E-state index in [1.807, 2.05) is 66.8 Å². The van der Waals surface area contributed by atoms with E-state index in [2.05, 4.69) is 5.32 Å². The second-order valence-corrected chi connectivity index (χ2v) is 7.07. The smallest absolute Gasteiger partial charge is 0.104 e. The van der Waals surface area contributed by atoms with Crippen molar-refractivity contribution in [2.24, 2.45) is 5.73 Å². The van der Waals surface area contributed by atoms with E-state index in [4.69, 9.17) is 38.4 Å². The fraction of sp³-hybridized carbons (Fsp3) is 0.238. The molecule has 0 saturated carbocycles. The summed E-state index contributed by atoms with van der Waals surface area (Å²) < 4.78 is 11.1. The van der Waals surface area contributed by atoms with E-state index in [9.17, 15) is 0 Å². The van der Waals surface area contributed by atoms with Gasteiger partial charge < -0.3 is 20.5 Å². The van der Waals surface area contributed by atoms with Crippen LogP contribution in [0.15, 0.2) is 72.5 Å². The first-order valence-electron chi connectivity index (χ1n) is 8.61. The Bertz CT molecular complexity index is 854. The Morgan fingerprint density at radius 1 is 1.04 bits per heavy atom. The third-order valence-corrected chi connectivity index (χ3v) is 5.08. The minimum absolute atomic E-state index is 0.411. The molecule has 2 atom stereocenters. The van der Waals surface area contributed by atoms with E-state index in [1.165, 1.54) is 0 Å².